The van der Waals surface area contributed by atoms with Crippen molar-refractivity contribution >= 4 is 5.69 Å². The molecule has 0 amide bonds. The number of aliphatic hydroxyl groups excluding tert-OH is 1. The van der Waals surface area contributed by atoms with E-state index in [0.717, 1.165) is 17.8 Å². The van der Waals surface area contributed by atoms with Gasteiger partial charge in [-0.2, -0.15) is 0 Å². The number of rotatable bonds is 5. The number of hydrogen-bond donors (Lipinski definition) is 2. The van der Waals surface area contributed by atoms with Crippen molar-refractivity contribution in [1.82, 2.24) is 4.98 Å². The van der Waals surface area contributed by atoms with Crippen LogP contribution in [-0.4, -0.2) is 16.1 Å². The first-order valence-corrected chi connectivity index (χ1v) is 5.89. The average Bonchev–Trinajstić information content (AvgIpc) is 2.16. The summed E-state index contributed by atoms with van der Waals surface area (Å²) in [6.45, 7) is 8.37. The van der Waals surface area contributed by atoms with E-state index in [1.807, 2.05) is 12.1 Å². The van der Waals surface area contributed by atoms with Crippen LogP contribution in [-0.2, 0) is 0 Å². The lowest BCUT2D eigenvalue weighted by molar-refractivity contribution is 0.146. The summed E-state index contributed by atoms with van der Waals surface area (Å²) in [7, 11) is 0. The van der Waals surface area contributed by atoms with Gasteiger partial charge in [0.1, 0.15) is 0 Å². The zero-order chi connectivity index (χ0) is 12.1. The first-order valence-electron chi connectivity index (χ1n) is 5.89. The van der Waals surface area contributed by atoms with Gasteiger partial charge in [0.25, 0.3) is 0 Å². The molecule has 0 saturated heterocycles. The molecule has 0 fully saturated rings. The molecule has 1 unspecified atom stereocenters. The Morgan fingerprint density at radius 2 is 2.00 bits per heavy atom. The van der Waals surface area contributed by atoms with Crippen LogP contribution in [0.5, 0.6) is 0 Å². The monoisotopic (exact) mass is 222 g/mol. The van der Waals surface area contributed by atoms with Crippen molar-refractivity contribution in [2.75, 3.05) is 5.32 Å². The van der Waals surface area contributed by atoms with Crippen LogP contribution in [0, 0.1) is 5.92 Å². The third-order valence-corrected chi connectivity index (χ3v) is 2.27. The van der Waals surface area contributed by atoms with E-state index >= 15 is 0 Å². The zero-order valence-corrected chi connectivity index (χ0v) is 10.6. The highest BCUT2D eigenvalue weighted by Crippen LogP contribution is 2.21. The van der Waals surface area contributed by atoms with Gasteiger partial charge in [-0.1, -0.05) is 13.8 Å². The standard InChI is InChI=1S/C13H22N2O/c1-9(2)7-13(16)12-8-11(5-6-14-12)15-10(3)4/h5-6,8-10,13,16H,7H2,1-4H3,(H,14,15). The predicted molar refractivity (Wildman–Crippen MR) is 67.4 cm³/mol. The third-order valence-electron chi connectivity index (χ3n) is 2.27. The molecule has 0 spiro atoms. The SMILES string of the molecule is CC(C)CC(O)c1cc(NC(C)C)ccn1. The van der Waals surface area contributed by atoms with E-state index in [1.54, 1.807) is 6.20 Å². The van der Waals surface area contributed by atoms with Gasteiger partial charge in [0.15, 0.2) is 0 Å². The maximum atomic E-state index is 9.96. The number of nitrogens with one attached hydrogen (secondary N) is 1. The van der Waals surface area contributed by atoms with E-state index in [9.17, 15) is 5.11 Å². The topological polar surface area (TPSA) is 45.1 Å². The average molecular weight is 222 g/mol. The van der Waals surface area contributed by atoms with Crippen molar-refractivity contribution in [3.8, 4) is 0 Å². The van der Waals surface area contributed by atoms with Crippen LogP contribution in [0.25, 0.3) is 0 Å². The van der Waals surface area contributed by atoms with E-state index in [2.05, 4.69) is 38.0 Å². The number of pyridine rings is 1. The van der Waals surface area contributed by atoms with Gasteiger partial charge in [-0.3, -0.25) is 4.98 Å². The molecule has 1 atom stereocenters. The van der Waals surface area contributed by atoms with E-state index in [-0.39, 0.29) is 0 Å². The predicted octanol–water partition coefficient (Wildman–Crippen LogP) is 2.98. The summed E-state index contributed by atoms with van der Waals surface area (Å²) in [5.41, 5.74) is 1.77. The molecular weight excluding hydrogens is 200 g/mol. The molecule has 1 aromatic heterocycles. The minimum absolute atomic E-state index is 0.387. The molecule has 0 aliphatic rings. The molecule has 0 radical (unpaired) electrons. The molecule has 1 aromatic rings. The van der Waals surface area contributed by atoms with Gasteiger partial charge in [-0.25, -0.2) is 0 Å². The molecule has 0 bridgehead atoms. The van der Waals surface area contributed by atoms with E-state index in [0.29, 0.717) is 12.0 Å². The zero-order valence-electron chi connectivity index (χ0n) is 10.6. The van der Waals surface area contributed by atoms with Crippen LogP contribution in [0.3, 0.4) is 0 Å². The van der Waals surface area contributed by atoms with Crippen LogP contribution in [0.2, 0.25) is 0 Å². The molecule has 3 heteroatoms. The second-order valence-electron chi connectivity index (χ2n) is 4.91. The van der Waals surface area contributed by atoms with Gasteiger partial charge in [0.2, 0.25) is 0 Å². The molecule has 0 aromatic carbocycles. The fourth-order valence-corrected chi connectivity index (χ4v) is 1.62. The molecule has 2 N–H and O–H groups in total. The lowest BCUT2D eigenvalue weighted by atomic mass is 10.0. The Labute approximate surface area is 97.9 Å². The highest BCUT2D eigenvalue weighted by Gasteiger charge is 2.11. The normalized spacial score (nSPS) is 13.2. The number of aliphatic hydroxyl groups is 1. The molecule has 0 aliphatic heterocycles. The lowest BCUT2D eigenvalue weighted by Crippen LogP contribution is -2.11. The molecule has 3 nitrogen and oxygen atoms in total. The van der Waals surface area contributed by atoms with E-state index in [1.165, 1.54) is 0 Å². The van der Waals surface area contributed by atoms with Crippen molar-refractivity contribution in [1.29, 1.82) is 0 Å². The Balaban J connectivity index is 2.73. The first kappa shape index (κ1) is 13.0. The summed E-state index contributed by atoms with van der Waals surface area (Å²) in [5.74, 6) is 0.471. The Kier molecular flexibility index (Phi) is 4.74. The highest BCUT2D eigenvalue weighted by atomic mass is 16.3. The Hall–Kier alpha value is -1.09. The summed E-state index contributed by atoms with van der Waals surface area (Å²) in [6, 6.07) is 4.23. The van der Waals surface area contributed by atoms with Crippen LogP contribution in [0.4, 0.5) is 5.69 Å². The quantitative estimate of drug-likeness (QED) is 0.805. The van der Waals surface area contributed by atoms with Gasteiger partial charge in [0.05, 0.1) is 11.8 Å². The maximum Gasteiger partial charge on any atom is 0.0963 e. The maximum absolute atomic E-state index is 9.96. The molecule has 1 heterocycles. The second-order valence-corrected chi connectivity index (χ2v) is 4.91. The van der Waals surface area contributed by atoms with Crippen molar-refractivity contribution in [3.05, 3.63) is 24.0 Å². The Morgan fingerprint density at radius 3 is 2.56 bits per heavy atom. The molecule has 0 saturated carbocycles. The fraction of sp³-hybridized carbons (Fsp3) is 0.615. The van der Waals surface area contributed by atoms with Gasteiger partial charge in [-0.15, -0.1) is 0 Å². The number of aromatic nitrogens is 1. The number of hydrogen-bond acceptors (Lipinski definition) is 3. The number of anilines is 1. The van der Waals surface area contributed by atoms with Crippen LogP contribution >= 0.6 is 0 Å². The van der Waals surface area contributed by atoms with E-state index in [4.69, 9.17) is 0 Å². The fourth-order valence-electron chi connectivity index (χ4n) is 1.62. The summed E-state index contributed by atoms with van der Waals surface area (Å²) < 4.78 is 0. The summed E-state index contributed by atoms with van der Waals surface area (Å²) in [5, 5.41) is 13.3. The highest BCUT2D eigenvalue weighted by molar-refractivity contribution is 5.44. The molecule has 90 valence electrons. The molecular formula is C13H22N2O. The van der Waals surface area contributed by atoms with Crippen LogP contribution < -0.4 is 5.32 Å². The number of nitrogens with zero attached hydrogens (tertiary/aromatic N) is 1. The van der Waals surface area contributed by atoms with Crippen molar-refractivity contribution in [2.24, 2.45) is 5.92 Å². The third kappa shape index (κ3) is 4.19. The Morgan fingerprint density at radius 1 is 1.31 bits per heavy atom. The van der Waals surface area contributed by atoms with Gasteiger partial charge >= 0.3 is 0 Å². The van der Waals surface area contributed by atoms with E-state index < -0.39 is 6.10 Å². The van der Waals surface area contributed by atoms with Crippen LogP contribution in [0.15, 0.2) is 18.3 Å². The molecule has 1 rings (SSSR count). The largest absolute Gasteiger partial charge is 0.387 e. The van der Waals surface area contributed by atoms with Gasteiger partial charge in [0, 0.05) is 17.9 Å². The summed E-state index contributed by atoms with van der Waals surface area (Å²) in [6.07, 6.45) is 2.02. The van der Waals surface area contributed by atoms with Gasteiger partial charge < -0.3 is 10.4 Å². The molecule has 16 heavy (non-hydrogen) atoms. The molecule has 0 aliphatic carbocycles. The van der Waals surface area contributed by atoms with Crippen molar-refractivity contribution in [2.45, 2.75) is 46.3 Å². The summed E-state index contributed by atoms with van der Waals surface area (Å²) >= 11 is 0. The second kappa shape index (κ2) is 5.85. The van der Waals surface area contributed by atoms with Crippen molar-refractivity contribution < 1.29 is 5.11 Å². The van der Waals surface area contributed by atoms with Crippen molar-refractivity contribution in [3.63, 3.8) is 0 Å². The minimum Gasteiger partial charge on any atom is -0.387 e. The summed E-state index contributed by atoms with van der Waals surface area (Å²) in [4.78, 5) is 4.21. The Bertz CT molecular complexity index is 323. The first-order chi connectivity index (χ1) is 7.49. The lowest BCUT2D eigenvalue weighted by Gasteiger charge is -2.15. The van der Waals surface area contributed by atoms with Crippen LogP contribution in [0.1, 0.15) is 45.9 Å². The smallest absolute Gasteiger partial charge is 0.0963 e. The van der Waals surface area contributed by atoms with Gasteiger partial charge in [-0.05, 0) is 38.3 Å². The minimum atomic E-state index is -0.464.